The molecule has 0 aromatic heterocycles. The summed E-state index contributed by atoms with van der Waals surface area (Å²) in [6, 6.07) is 0. The number of rotatable bonds is 7. The van der Waals surface area contributed by atoms with E-state index in [2.05, 4.69) is 11.9 Å². The Kier molecular flexibility index (Phi) is 5.78. The van der Waals surface area contributed by atoms with E-state index in [1.165, 1.54) is 0 Å². The van der Waals surface area contributed by atoms with Crippen molar-refractivity contribution in [1.29, 1.82) is 0 Å². The quantitative estimate of drug-likeness (QED) is 0.515. The van der Waals surface area contributed by atoms with Crippen LogP contribution in [-0.4, -0.2) is 23.5 Å². The van der Waals surface area contributed by atoms with Crippen LogP contribution in [0.2, 0.25) is 0 Å². The lowest BCUT2D eigenvalue weighted by Gasteiger charge is -2.28. The van der Waals surface area contributed by atoms with Crippen molar-refractivity contribution >= 4 is 11.9 Å². The van der Waals surface area contributed by atoms with Crippen molar-refractivity contribution in [3.63, 3.8) is 0 Å². The highest BCUT2D eigenvalue weighted by atomic mass is 16.4. The standard InChI is InChI=1S/C12H21NO3/c1-5-6-7-13-10(14)8-12(4,9(2)3)11(15)16/h5,9H,1,6-8H2,2-4H3,(H,13,14)(H,15,16). The molecular weight excluding hydrogens is 206 g/mol. The third kappa shape index (κ3) is 4.04. The van der Waals surface area contributed by atoms with Gasteiger partial charge in [-0.05, 0) is 19.3 Å². The Morgan fingerprint density at radius 2 is 2.06 bits per heavy atom. The van der Waals surface area contributed by atoms with Gasteiger partial charge in [-0.15, -0.1) is 6.58 Å². The number of aliphatic carboxylic acids is 1. The van der Waals surface area contributed by atoms with E-state index in [0.29, 0.717) is 13.0 Å². The molecule has 0 aromatic carbocycles. The van der Waals surface area contributed by atoms with Crippen molar-refractivity contribution in [2.24, 2.45) is 11.3 Å². The molecule has 0 rings (SSSR count). The molecule has 0 heterocycles. The van der Waals surface area contributed by atoms with Crippen LogP contribution >= 0.6 is 0 Å². The van der Waals surface area contributed by atoms with Crippen molar-refractivity contribution < 1.29 is 14.7 Å². The van der Waals surface area contributed by atoms with Gasteiger partial charge in [0.25, 0.3) is 0 Å². The van der Waals surface area contributed by atoms with E-state index >= 15 is 0 Å². The molecule has 0 saturated heterocycles. The summed E-state index contributed by atoms with van der Waals surface area (Å²) in [6.45, 7) is 9.28. The Bertz CT molecular complexity index is 273. The average molecular weight is 227 g/mol. The summed E-state index contributed by atoms with van der Waals surface area (Å²) >= 11 is 0. The maximum absolute atomic E-state index is 11.5. The van der Waals surface area contributed by atoms with Gasteiger partial charge in [-0.25, -0.2) is 0 Å². The molecule has 1 atom stereocenters. The number of amides is 1. The Morgan fingerprint density at radius 1 is 1.50 bits per heavy atom. The lowest BCUT2D eigenvalue weighted by molar-refractivity contribution is -0.153. The Balaban J connectivity index is 4.36. The molecule has 4 heteroatoms. The van der Waals surface area contributed by atoms with Crippen LogP contribution < -0.4 is 5.32 Å². The minimum absolute atomic E-state index is 0.0111. The molecule has 1 amide bonds. The third-order valence-corrected chi connectivity index (χ3v) is 2.96. The second kappa shape index (κ2) is 6.30. The molecule has 0 aliphatic carbocycles. The van der Waals surface area contributed by atoms with Gasteiger partial charge in [0, 0.05) is 13.0 Å². The van der Waals surface area contributed by atoms with Crippen LogP contribution in [0.4, 0.5) is 0 Å². The normalized spacial score (nSPS) is 14.2. The van der Waals surface area contributed by atoms with E-state index < -0.39 is 11.4 Å². The molecule has 0 aromatic rings. The summed E-state index contributed by atoms with van der Waals surface area (Å²) in [7, 11) is 0. The Hall–Kier alpha value is -1.32. The zero-order valence-electron chi connectivity index (χ0n) is 10.2. The summed E-state index contributed by atoms with van der Waals surface area (Å²) in [5.74, 6) is -1.24. The van der Waals surface area contributed by atoms with E-state index in [4.69, 9.17) is 5.11 Å². The first-order chi connectivity index (χ1) is 7.34. The first-order valence-electron chi connectivity index (χ1n) is 5.45. The number of hydrogen-bond acceptors (Lipinski definition) is 2. The van der Waals surface area contributed by atoms with E-state index in [9.17, 15) is 9.59 Å². The fourth-order valence-electron chi connectivity index (χ4n) is 1.24. The van der Waals surface area contributed by atoms with Crippen LogP contribution in [0.25, 0.3) is 0 Å². The minimum atomic E-state index is -1.00. The molecule has 1 unspecified atom stereocenters. The van der Waals surface area contributed by atoms with Crippen LogP contribution in [0.5, 0.6) is 0 Å². The highest BCUT2D eigenvalue weighted by molar-refractivity contribution is 5.84. The van der Waals surface area contributed by atoms with Crippen LogP contribution in [0.1, 0.15) is 33.6 Å². The molecule has 92 valence electrons. The summed E-state index contributed by atoms with van der Waals surface area (Å²) < 4.78 is 0. The van der Waals surface area contributed by atoms with Gasteiger partial charge in [-0.2, -0.15) is 0 Å². The molecule has 0 fully saturated rings. The fraction of sp³-hybridized carbons (Fsp3) is 0.667. The van der Waals surface area contributed by atoms with E-state index in [0.717, 1.165) is 0 Å². The SMILES string of the molecule is C=CCCNC(=O)CC(C)(C(=O)O)C(C)C. The molecule has 0 bridgehead atoms. The first kappa shape index (κ1) is 14.7. The monoisotopic (exact) mass is 227 g/mol. The summed E-state index contributed by atoms with van der Waals surface area (Å²) in [5, 5.41) is 11.8. The molecule has 0 radical (unpaired) electrons. The van der Waals surface area contributed by atoms with Crippen molar-refractivity contribution in [2.45, 2.75) is 33.6 Å². The lowest BCUT2D eigenvalue weighted by Crippen LogP contribution is -2.39. The smallest absolute Gasteiger partial charge is 0.310 e. The highest BCUT2D eigenvalue weighted by Gasteiger charge is 2.38. The first-order valence-corrected chi connectivity index (χ1v) is 5.45. The van der Waals surface area contributed by atoms with Crippen molar-refractivity contribution in [3.8, 4) is 0 Å². The van der Waals surface area contributed by atoms with Crippen LogP contribution in [0, 0.1) is 11.3 Å². The summed E-state index contributed by atoms with van der Waals surface area (Å²) in [4.78, 5) is 22.7. The van der Waals surface area contributed by atoms with Crippen molar-refractivity contribution in [3.05, 3.63) is 12.7 Å². The second-order valence-corrected chi connectivity index (χ2v) is 4.48. The number of nitrogens with one attached hydrogen (secondary N) is 1. The van der Waals surface area contributed by atoms with E-state index in [1.807, 2.05) is 13.8 Å². The van der Waals surface area contributed by atoms with Crippen LogP contribution in [0.15, 0.2) is 12.7 Å². The zero-order chi connectivity index (χ0) is 12.8. The van der Waals surface area contributed by atoms with E-state index in [1.54, 1.807) is 13.0 Å². The largest absolute Gasteiger partial charge is 0.481 e. The molecule has 4 nitrogen and oxygen atoms in total. The zero-order valence-corrected chi connectivity index (χ0v) is 10.2. The molecule has 0 aliphatic heterocycles. The maximum Gasteiger partial charge on any atom is 0.310 e. The number of carboxylic acids is 1. The van der Waals surface area contributed by atoms with Gasteiger partial charge in [-0.3, -0.25) is 9.59 Å². The second-order valence-electron chi connectivity index (χ2n) is 4.48. The Morgan fingerprint density at radius 3 is 2.44 bits per heavy atom. The van der Waals surface area contributed by atoms with E-state index in [-0.39, 0.29) is 18.2 Å². The summed E-state index contributed by atoms with van der Waals surface area (Å²) in [5.41, 5.74) is -1.00. The fourth-order valence-corrected chi connectivity index (χ4v) is 1.24. The molecule has 2 N–H and O–H groups in total. The number of hydrogen-bond donors (Lipinski definition) is 2. The predicted octanol–water partition coefficient (Wildman–Crippen LogP) is 1.82. The van der Waals surface area contributed by atoms with Gasteiger partial charge in [0.1, 0.15) is 0 Å². The van der Waals surface area contributed by atoms with Gasteiger partial charge >= 0.3 is 5.97 Å². The van der Waals surface area contributed by atoms with Gasteiger partial charge in [0.2, 0.25) is 5.91 Å². The predicted molar refractivity (Wildman–Crippen MR) is 63.0 cm³/mol. The molecular formula is C12H21NO3. The highest BCUT2D eigenvalue weighted by Crippen LogP contribution is 2.31. The summed E-state index contributed by atoms with van der Waals surface area (Å²) in [6.07, 6.45) is 2.41. The van der Waals surface area contributed by atoms with Crippen LogP contribution in [0.3, 0.4) is 0 Å². The van der Waals surface area contributed by atoms with Crippen molar-refractivity contribution in [2.75, 3.05) is 6.54 Å². The number of carbonyl (C=O) groups excluding carboxylic acids is 1. The molecule has 0 spiro atoms. The Labute approximate surface area is 96.7 Å². The molecule has 0 aliphatic rings. The van der Waals surface area contributed by atoms with Gasteiger partial charge in [0.05, 0.1) is 5.41 Å². The number of carboxylic acid groups (broad SMARTS) is 1. The van der Waals surface area contributed by atoms with Gasteiger partial charge < -0.3 is 10.4 Å². The minimum Gasteiger partial charge on any atom is -0.481 e. The van der Waals surface area contributed by atoms with Gasteiger partial charge in [0.15, 0.2) is 0 Å². The average Bonchev–Trinajstić information content (AvgIpc) is 2.17. The third-order valence-electron chi connectivity index (χ3n) is 2.96. The van der Waals surface area contributed by atoms with Gasteiger partial charge in [-0.1, -0.05) is 19.9 Å². The lowest BCUT2D eigenvalue weighted by atomic mass is 9.76. The van der Waals surface area contributed by atoms with Crippen LogP contribution in [-0.2, 0) is 9.59 Å². The molecule has 16 heavy (non-hydrogen) atoms. The van der Waals surface area contributed by atoms with Crippen molar-refractivity contribution in [1.82, 2.24) is 5.32 Å². The molecule has 0 saturated carbocycles. The number of carbonyl (C=O) groups is 2. The maximum atomic E-state index is 11.5. The topological polar surface area (TPSA) is 66.4 Å².